The average molecular weight is 380 g/mol. The molecule has 7 nitrogen and oxygen atoms in total. The second-order valence-electron chi connectivity index (χ2n) is 6.94. The summed E-state index contributed by atoms with van der Waals surface area (Å²) >= 11 is 0. The molecule has 0 radical (unpaired) electrons. The summed E-state index contributed by atoms with van der Waals surface area (Å²) in [6.07, 6.45) is 2.86. The minimum absolute atomic E-state index is 0.657. The van der Waals surface area contributed by atoms with Gasteiger partial charge < -0.3 is 15.2 Å². The van der Waals surface area contributed by atoms with Crippen LogP contribution in [-0.2, 0) is 13.1 Å². The van der Waals surface area contributed by atoms with Crippen molar-refractivity contribution in [1.29, 1.82) is 0 Å². The van der Waals surface area contributed by atoms with Crippen LogP contribution in [0.2, 0.25) is 0 Å². The fourth-order valence-corrected chi connectivity index (χ4v) is 3.22. The van der Waals surface area contributed by atoms with Crippen molar-refractivity contribution in [3.8, 4) is 11.3 Å². The molecular weight excluding hydrogens is 350 g/mol. The number of imidazole rings is 1. The summed E-state index contributed by atoms with van der Waals surface area (Å²) in [5.41, 5.74) is 4.42. The number of hydrogen-bond acceptors (Lipinski definition) is 3. The van der Waals surface area contributed by atoms with Gasteiger partial charge in [0.25, 0.3) is 0 Å². The van der Waals surface area contributed by atoms with Gasteiger partial charge >= 0.3 is 0 Å². The Kier molecular flexibility index (Phi) is 6.47. The SMILES string of the molecule is CN=C(NCCCn1nc(C)cc1C)N(C)Cc1ncc(-c2ccccc2)[nH]1. The van der Waals surface area contributed by atoms with E-state index >= 15 is 0 Å². The molecule has 0 bridgehead atoms. The number of rotatable bonds is 7. The first-order valence-corrected chi connectivity index (χ1v) is 9.59. The molecule has 2 heterocycles. The van der Waals surface area contributed by atoms with Crippen molar-refractivity contribution >= 4 is 5.96 Å². The topological polar surface area (TPSA) is 74.1 Å². The Morgan fingerprint density at radius 2 is 2.04 bits per heavy atom. The van der Waals surface area contributed by atoms with Gasteiger partial charge in [0.1, 0.15) is 5.82 Å². The molecule has 28 heavy (non-hydrogen) atoms. The van der Waals surface area contributed by atoms with E-state index in [9.17, 15) is 0 Å². The molecule has 0 aliphatic heterocycles. The molecule has 2 aromatic heterocycles. The highest BCUT2D eigenvalue weighted by molar-refractivity contribution is 5.79. The summed E-state index contributed by atoms with van der Waals surface area (Å²) in [4.78, 5) is 14.3. The maximum absolute atomic E-state index is 4.51. The maximum Gasteiger partial charge on any atom is 0.193 e. The van der Waals surface area contributed by atoms with Crippen molar-refractivity contribution in [2.45, 2.75) is 33.4 Å². The van der Waals surface area contributed by atoms with Gasteiger partial charge in [-0.1, -0.05) is 30.3 Å². The number of benzene rings is 1. The van der Waals surface area contributed by atoms with Crippen LogP contribution < -0.4 is 5.32 Å². The van der Waals surface area contributed by atoms with Gasteiger partial charge in [0.05, 0.1) is 24.1 Å². The number of aromatic nitrogens is 4. The Hall–Kier alpha value is -3.09. The molecule has 0 amide bonds. The van der Waals surface area contributed by atoms with Crippen LogP contribution in [0.1, 0.15) is 23.6 Å². The third-order valence-corrected chi connectivity index (χ3v) is 4.61. The molecule has 0 aliphatic rings. The first-order chi connectivity index (χ1) is 13.6. The number of aromatic amines is 1. The first-order valence-electron chi connectivity index (χ1n) is 9.59. The summed E-state index contributed by atoms with van der Waals surface area (Å²) in [5, 5.41) is 7.92. The molecule has 0 saturated carbocycles. The standard InChI is InChI=1S/C21H29N7/c1-16-13-17(2)28(26-16)12-8-11-23-21(22-3)27(4)15-20-24-14-19(25-20)18-9-6-5-7-10-18/h5-7,9-10,13-14H,8,11-12,15H2,1-4H3,(H,22,23)(H,24,25). The van der Waals surface area contributed by atoms with E-state index in [2.05, 4.69) is 60.1 Å². The van der Waals surface area contributed by atoms with Gasteiger partial charge in [0.15, 0.2) is 5.96 Å². The van der Waals surface area contributed by atoms with Gasteiger partial charge in [-0.25, -0.2) is 4.98 Å². The summed E-state index contributed by atoms with van der Waals surface area (Å²) in [5.74, 6) is 1.76. The Labute approximate surface area is 166 Å². The number of aliphatic imine (C=N–C) groups is 1. The third-order valence-electron chi connectivity index (χ3n) is 4.61. The van der Waals surface area contributed by atoms with Gasteiger partial charge in [-0.05, 0) is 31.9 Å². The second kappa shape index (κ2) is 9.21. The lowest BCUT2D eigenvalue weighted by molar-refractivity contribution is 0.459. The molecular formula is C21H29N7. The summed E-state index contributed by atoms with van der Waals surface area (Å²) in [6, 6.07) is 12.3. The minimum atomic E-state index is 0.657. The van der Waals surface area contributed by atoms with E-state index in [-0.39, 0.29) is 0 Å². The number of nitrogens with zero attached hydrogens (tertiary/aromatic N) is 5. The van der Waals surface area contributed by atoms with Crippen LogP contribution in [-0.4, -0.2) is 51.2 Å². The lowest BCUT2D eigenvalue weighted by Crippen LogP contribution is -2.39. The Morgan fingerprint density at radius 3 is 2.71 bits per heavy atom. The molecule has 0 spiro atoms. The van der Waals surface area contributed by atoms with Crippen LogP contribution >= 0.6 is 0 Å². The number of H-pyrrole nitrogens is 1. The lowest BCUT2D eigenvalue weighted by Gasteiger charge is -2.21. The van der Waals surface area contributed by atoms with Crippen LogP contribution in [0.25, 0.3) is 11.3 Å². The average Bonchev–Trinajstić information content (AvgIpc) is 3.28. The third kappa shape index (κ3) is 5.00. The highest BCUT2D eigenvalue weighted by atomic mass is 15.3. The van der Waals surface area contributed by atoms with Gasteiger partial charge in [0, 0.05) is 32.9 Å². The van der Waals surface area contributed by atoms with E-state index in [1.54, 1.807) is 7.05 Å². The lowest BCUT2D eigenvalue weighted by atomic mass is 10.2. The Bertz CT molecular complexity index is 908. The zero-order valence-corrected chi connectivity index (χ0v) is 17.1. The van der Waals surface area contributed by atoms with Crippen LogP contribution in [0, 0.1) is 13.8 Å². The monoisotopic (exact) mass is 379 g/mol. The minimum Gasteiger partial charge on any atom is -0.356 e. The summed E-state index contributed by atoms with van der Waals surface area (Å²) < 4.78 is 2.05. The smallest absolute Gasteiger partial charge is 0.193 e. The van der Waals surface area contributed by atoms with E-state index in [1.165, 1.54) is 5.69 Å². The maximum atomic E-state index is 4.51. The van der Waals surface area contributed by atoms with Gasteiger partial charge in [-0.2, -0.15) is 5.10 Å². The van der Waals surface area contributed by atoms with Gasteiger partial charge in [-0.3, -0.25) is 9.67 Å². The molecule has 3 aromatic rings. The second-order valence-corrected chi connectivity index (χ2v) is 6.94. The quantitative estimate of drug-likeness (QED) is 0.376. The molecule has 3 rings (SSSR count). The molecule has 0 atom stereocenters. The molecule has 0 fully saturated rings. The molecule has 0 unspecified atom stereocenters. The Balaban J connectivity index is 1.49. The summed E-state index contributed by atoms with van der Waals surface area (Å²) in [6.45, 7) is 6.50. The fourth-order valence-electron chi connectivity index (χ4n) is 3.22. The van der Waals surface area contributed by atoms with Crippen LogP contribution in [0.4, 0.5) is 0 Å². The van der Waals surface area contributed by atoms with Crippen molar-refractivity contribution in [2.24, 2.45) is 4.99 Å². The van der Waals surface area contributed by atoms with E-state index in [0.29, 0.717) is 6.54 Å². The predicted molar refractivity (Wildman–Crippen MR) is 113 cm³/mol. The van der Waals surface area contributed by atoms with Crippen LogP contribution in [0.5, 0.6) is 0 Å². The predicted octanol–water partition coefficient (Wildman–Crippen LogP) is 2.99. The van der Waals surface area contributed by atoms with E-state index in [4.69, 9.17) is 0 Å². The highest BCUT2D eigenvalue weighted by Crippen LogP contribution is 2.16. The van der Waals surface area contributed by atoms with Gasteiger partial charge in [0.2, 0.25) is 0 Å². The van der Waals surface area contributed by atoms with Crippen molar-refractivity contribution in [1.82, 2.24) is 30.0 Å². The largest absolute Gasteiger partial charge is 0.356 e. The van der Waals surface area contributed by atoms with E-state index in [1.807, 2.05) is 38.4 Å². The van der Waals surface area contributed by atoms with Crippen molar-refractivity contribution in [3.63, 3.8) is 0 Å². The van der Waals surface area contributed by atoms with Gasteiger partial charge in [-0.15, -0.1) is 0 Å². The molecule has 148 valence electrons. The van der Waals surface area contributed by atoms with Crippen LogP contribution in [0.3, 0.4) is 0 Å². The van der Waals surface area contributed by atoms with Crippen molar-refractivity contribution in [2.75, 3.05) is 20.6 Å². The molecule has 7 heteroatoms. The molecule has 0 aliphatic carbocycles. The van der Waals surface area contributed by atoms with Crippen LogP contribution in [0.15, 0.2) is 47.6 Å². The first kappa shape index (κ1) is 19.7. The fraction of sp³-hybridized carbons (Fsp3) is 0.381. The molecule has 0 saturated heterocycles. The number of hydrogen-bond donors (Lipinski definition) is 2. The van der Waals surface area contributed by atoms with Crippen molar-refractivity contribution in [3.05, 3.63) is 59.8 Å². The normalized spacial score (nSPS) is 11.6. The molecule has 1 aromatic carbocycles. The van der Waals surface area contributed by atoms with E-state index < -0.39 is 0 Å². The van der Waals surface area contributed by atoms with E-state index in [0.717, 1.165) is 48.2 Å². The number of aryl methyl sites for hydroxylation is 3. The number of guanidine groups is 1. The highest BCUT2D eigenvalue weighted by Gasteiger charge is 2.10. The summed E-state index contributed by atoms with van der Waals surface area (Å²) in [7, 11) is 3.82. The zero-order valence-electron chi connectivity index (χ0n) is 17.1. The zero-order chi connectivity index (χ0) is 19.9. The van der Waals surface area contributed by atoms with Crippen molar-refractivity contribution < 1.29 is 0 Å². The molecule has 2 N–H and O–H groups in total. The Morgan fingerprint density at radius 1 is 1.25 bits per heavy atom. The number of nitrogens with one attached hydrogen (secondary N) is 2.